The van der Waals surface area contributed by atoms with Gasteiger partial charge in [0, 0.05) is 12.5 Å². The van der Waals surface area contributed by atoms with Crippen LogP contribution in [-0.2, 0) is 11.3 Å². The number of aryl methyl sites for hydroxylation is 1. The average molecular weight is 330 g/mol. The number of aromatic nitrogens is 2. The summed E-state index contributed by atoms with van der Waals surface area (Å²) in [6, 6.07) is 6.78. The molecule has 0 aliphatic heterocycles. The molecule has 1 aliphatic carbocycles. The van der Waals surface area contributed by atoms with Gasteiger partial charge in [0.2, 0.25) is 5.91 Å². The molecule has 24 heavy (non-hydrogen) atoms. The maximum atomic E-state index is 12.4. The van der Waals surface area contributed by atoms with Crippen LogP contribution in [-0.4, -0.2) is 28.3 Å². The molecule has 7 nitrogen and oxygen atoms in total. The molecule has 1 amide bonds. The first-order valence-corrected chi connectivity index (χ1v) is 8.31. The lowest BCUT2D eigenvalue weighted by molar-refractivity contribution is -0.122. The normalized spacial score (nSPS) is 20.4. The first-order chi connectivity index (χ1) is 11.6. The average Bonchev–Trinajstić information content (AvgIpc) is 3.04. The Bertz CT molecular complexity index is 855. The van der Waals surface area contributed by atoms with Gasteiger partial charge in [0.25, 0.3) is 11.1 Å². The van der Waals surface area contributed by atoms with Crippen molar-refractivity contribution in [2.24, 2.45) is 11.7 Å². The molecule has 0 radical (unpaired) electrons. The first kappa shape index (κ1) is 16.4. The maximum absolute atomic E-state index is 12.4. The number of H-pyrrole nitrogens is 1. The molecule has 7 heteroatoms. The Labute approximate surface area is 138 Å². The highest BCUT2D eigenvalue weighted by molar-refractivity contribution is 5.80. The van der Waals surface area contributed by atoms with Crippen LogP contribution in [0.5, 0.6) is 0 Å². The number of nitrogens with two attached hydrogens (primary N) is 1. The van der Waals surface area contributed by atoms with E-state index in [1.54, 1.807) is 24.3 Å². The molecule has 128 valence electrons. The van der Waals surface area contributed by atoms with Crippen molar-refractivity contribution in [1.29, 1.82) is 0 Å². The van der Waals surface area contributed by atoms with E-state index in [0.717, 1.165) is 19.3 Å². The fourth-order valence-electron chi connectivity index (χ4n) is 3.41. The monoisotopic (exact) mass is 330 g/mol. The molecule has 2 aromatic rings. The van der Waals surface area contributed by atoms with E-state index >= 15 is 0 Å². The number of amides is 1. The third kappa shape index (κ3) is 3.26. The highest BCUT2D eigenvalue weighted by Gasteiger charge is 2.27. The Balaban J connectivity index is 1.70. The van der Waals surface area contributed by atoms with Crippen molar-refractivity contribution in [3.63, 3.8) is 0 Å². The number of nitrogens with zero attached hydrogens (tertiary/aromatic N) is 1. The van der Waals surface area contributed by atoms with Crippen molar-refractivity contribution in [3.8, 4) is 0 Å². The van der Waals surface area contributed by atoms with Crippen LogP contribution in [0.25, 0.3) is 10.8 Å². The summed E-state index contributed by atoms with van der Waals surface area (Å²) in [6.45, 7) is 0.715. The number of fused-ring (bicyclic) bond motifs is 1. The largest absolute Gasteiger partial charge is 0.353 e. The van der Waals surface area contributed by atoms with Gasteiger partial charge in [-0.25, -0.2) is 4.68 Å². The summed E-state index contributed by atoms with van der Waals surface area (Å²) in [7, 11) is 0. The number of rotatable bonds is 5. The van der Waals surface area contributed by atoms with Crippen LogP contribution in [0.4, 0.5) is 0 Å². The maximum Gasteiger partial charge on any atom is 0.273 e. The van der Waals surface area contributed by atoms with Gasteiger partial charge in [-0.3, -0.25) is 19.5 Å². The van der Waals surface area contributed by atoms with E-state index in [1.807, 2.05) is 0 Å². The molecule has 1 aromatic carbocycles. The highest BCUT2D eigenvalue weighted by atomic mass is 16.2. The molecule has 0 spiro atoms. The SMILES string of the molecule is NCC1CCCC1NC(=O)CCn1[nH]c(=O)c2ccccc2c1=O. The van der Waals surface area contributed by atoms with Crippen molar-refractivity contribution in [3.05, 3.63) is 45.0 Å². The second kappa shape index (κ2) is 7.00. The first-order valence-electron chi connectivity index (χ1n) is 8.31. The van der Waals surface area contributed by atoms with Crippen LogP contribution in [0.2, 0.25) is 0 Å². The molecule has 1 fully saturated rings. The Morgan fingerprint density at radius 2 is 2.00 bits per heavy atom. The van der Waals surface area contributed by atoms with Crippen molar-refractivity contribution in [2.45, 2.75) is 38.3 Å². The van der Waals surface area contributed by atoms with E-state index in [1.165, 1.54) is 4.68 Å². The number of aromatic amines is 1. The predicted octanol–water partition coefficient (Wildman–Crippen LogP) is 0.324. The summed E-state index contributed by atoms with van der Waals surface area (Å²) in [6.07, 6.45) is 3.20. The van der Waals surface area contributed by atoms with Gasteiger partial charge in [-0.2, -0.15) is 0 Å². The van der Waals surface area contributed by atoms with E-state index in [0.29, 0.717) is 23.2 Å². The van der Waals surface area contributed by atoms with E-state index in [4.69, 9.17) is 5.73 Å². The Morgan fingerprint density at radius 1 is 1.25 bits per heavy atom. The van der Waals surface area contributed by atoms with E-state index < -0.39 is 0 Å². The van der Waals surface area contributed by atoms with Gasteiger partial charge >= 0.3 is 0 Å². The van der Waals surface area contributed by atoms with Crippen LogP contribution in [0, 0.1) is 5.92 Å². The quantitative estimate of drug-likeness (QED) is 0.733. The molecule has 4 N–H and O–H groups in total. The number of carbonyl (C=O) groups is 1. The molecule has 2 unspecified atom stereocenters. The molecule has 1 heterocycles. The summed E-state index contributed by atoms with van der Waals surface area (Å²) in [4.78, 5) is 36.5. The Hall–Kier alpha value is -2.41. The van der Waals surface area contributed by atoms with Crippen LogP contribution in [0.3, 0.4) is 0 Å². The Morgan fingerprint density at radius 3 is 2.75 bits per heavy atom. The van der Waals surface area contributed by atoms with Gasteiger partial charge in [0.15, 0.2) is 0 Å². The highest BCUT2D eigenvalue weighted by Crippen LogP contribution is 2.24. The summed E-state index contributed by atoms with van der Waals surface area (Å²) < 4.78 is 1.21. The molecular weight excluding hydrogens is 308 g/mol. The van der Waals surface area contributed by atoms with Gasteiger partial charge in [0.1, 0.15) is 0 Å². The fourth-order valence-corrected chi connectivity index (χ4v) is 3.41. The lowest BCUT2D eigenvalue weighted by Crippen LogP contribution is -2.40. The minimum Gasteiger partial charge on any atom is -0.353 e. The molecule has 0 saturated heterocycles. The summed E-state index contributed by atoms with van der Waals surface area (Å²) in [5.74, 6) is 0.207. The van der Waals surface area contributed by atoms with Gasteiger partial charge in [0.05, 0.1) is 17.3 Å². The van der Waals surface area contributed by atoms with Crippen molar-refractivity contribution >= 4 is 16.7 Å². The smallest absolute Gasteiger partial charge is 0.273 e. The van der Waals surface area contributed by atoms with Crippen LogP contribution < -0.4 is 22.2 Å². The minimum absolute atomic E-state index is 0.120. The number of carbonyl (C=O) groups excluding carboxylic acids is 1. The van der Waals surface area contributed by atoms with Crippen molar-refractivity contribution in [1.82, 2.24) is 15.1 Å². The predicted molar refractivity (Wildman–Crippen MR) is 91.8 cm³/mol. The summed E-state index contributed by atoms with van der Waals surface area (Å²) in [5.41, 5.74) is 5.10. The zero-order valence-corrected chi connectivity index (χ0v) is 13.5. The van der Waals surface area contributed by atoms with Gasteiger partial charge in [-0.1, -0.05) is 18.6 Å². The summed E-state index contributed by atoms with van der Waals surface area (Å²) >= 11 is 0. The van der Waals surface area contributed by atoms with Gasteiger partial charge in [-0.15, -0.1) is 0 Å². The van der Waals surface area contributed by atoms with E-state index in [-0.39, 0.29) is 36.0 Å². The second-order valence-electron chi connectivity index (χ2n) is 6.29. The Kier molecular flexibility index (Phi) is 4.80. The van der Waals surface area contributed by atoms with Crippen molar-refractivity contribution < 1.29 is 4.79 Å². The second-order valence-corrected chi connectivity index (χ2v) is 6.29. The van der Waals surface area contributed by atoms with Gasteiger partial charge < -0.3 is 11.1 Å². The van der Waals surface area contributed by atoms with Crippen molar-refractivity contribution in [2.75, 3.05) is 6.54 Å². The topological polar surface area (TPSA) is 110 Å². The van der Waals surface area contributed by atoms with E-state index in [2.05, 4.69) is 10.4 Å². The summed E-state index contributed by atoms with van der Waals surface area (Å²) in [5, 5.41) is 6.25. The standard InChI is InChI=1S/C17H22N4O3/c18-10-11-4-3-7-14(11)19-15(22)8-9-21-17(24)13-6-2-1-5-12(13)16(23)20-21/h1-2,5-6,11,14H,3-4,7-10,18H2,(H,19,22)(H,20,23). The zero-order chi connectivity index (χ0) is 17.1. The fraction of sp³-hybridized carbons (Fsp3) is 0.471. The lowest BCUT2D eigenvalue weighted by atomic mass is 10.0. The van der Waals surface area contributed by atoms with Crippen LogP contribution in [0.1, 0.15) is 25.7 Å². The number of benzene rings is 1. The minimum atomic E-state index is -0.329. The number of hydrogen-bond acceptors (Lipinski definition) is 4. The third-order valence-electron chi connectivity index (χ3n) is 4.75. The van der Waals surface area contributed by atoms with Crippen LogP contribution in [0.15, 0.2) is 33.9 Å². The molecule has 0 bridgehead atoms. The lowest BCUT2D eigenvalue weighted by Gasteiger charge is -2.19. The number of nitrogens with one attached hydrogen (secondary N) is 2. The van der Waals surface area contributed by atoms with E-state index in [9.17, 15) is 14.4 Å². The zero-order valence-electron chi connectivity index (χ0n) is 13.5. The molecule has 1 saturated carbocycles. The molecule has 1 aromatic heterocycles. The molecular formula is C17H22N4O3. The van der Waals surface area contributed by atoms with Crippen LogP contribution >= 0.6 is 0 Å². The molecule has 1 aliphatic rings. The molecule has 3 rings (SSSR count). The molecule has 2 atom stereocenters. The number of hydrogen-bond donors (Lipinski definition) is 3. The third-order valence-corrected chi connectivity index (χ3v) is 4.75. The van der Waals surface area contributed by atoms with Gasteiger partial charge in [-0.05, 0) is 37.4 Å².